The molecule has 8 nitrogen and oxygen atoms in total. The van der Waals surface area contributed by atoms with Gasteiger partial charge in [-0.05, 0) is 24.2 Å². The number of imidazole rings is 1. The molecular formula is C24H31N5O3Si. The fourth-order valence-corrected chi connectivity index (χ4v) is 4.60. The number of carbonyl (C=O) groups excluding carboxylic acids is 1. The number of fused-ring (bicyclic) bond motifs is 2. The Morgan fingerprint density at radius 3 is 2.61 bits per heavy atom. The lowest BCUT2D eigenvalue weighted by molar-refractivity contribution is -0.114. The number of methoxy groups -OCH3 is 1. The molecule has 0 spiro atoms. The summed E-state index contributed by atoms with van der Waals surface area (Å²) in [6.45, 7) is 9.74. The SMILES string of the molecule is COc1cc2c(cc1-c1cc3cc(NC(C)=O)ncc3n1C)ncn2COCC[Si](C)(C)C. The van der Waals surface area contributed by atoms with Crippen LogP contribution in [-0.4, -0.2) is 46.8 Å². The minimum absolute atomic E-state index is 0.148. The molecule has 0 unspecified atom stereocenters. The summed E-state index contributed by atoms with van der Waals surface area (Å²) in [7, 11) is 2.55. The zero-order valence-corrected chi connectivity index (χ0v) is 21.1. The van der Waals surface area contributed by atoms with Gasteiger partial charge in [-0.2, -0.15) is 0 Å². The molecule has 0 aliphatic rings. The highest BCUT2D eigenvalue weighted by atomic mass is 28.3. The van der Waals surface area contributed by atoms with E-state index >= 15 is 0 Å². The van der Waals surface area contributed by atoms with Crippen molar-refractivity contribution in [3.05, 3.63) is 36.8 Å². The summed E-state index contributed by atoms with van der Waals surface area (Å²) in [6.07, 6.45) is 3.58. The van der Waals surface area contributed by atoms with E-state index in [1.165, 1.54) is 6.92 Å². The number of carbonyl (C=O) groups is 1. The van der Waals surface area contributed by atoms with Gasteiger partial charge in [0.05, 0.1) is 41.9 Å². The van der Waals surface area contributed by atoms with Gasteiger partial charge in [-0.25, -0.2) is 9.97 Å². The Balaban J connectivity index is 1.67. The molecular weight excluding hydrogens is 434 g/mol. The van der Waals surface area contributed by atoms with E-state index in [0.717, 1.165) is 51.6 Å². The van der Waals surface area contributed by atoms with Gasteiger partial charge in [0.15, 0.2) is 0 Å². The highest BCUT2D eigenvalue weighted by Crippen LogP contribution is 2.36. The largest absolute Gasteiger partial charge is 0.496 e. The maximum atomic E-state index is 11.4. The Morgan fingerprint density at radius 2 is 1.91 bits per heavy atom. The van der Waals surface area contributed by atoms with Crippen molar-refractivity contribution in [2.75, 3.05) is 19.0 Å². The van der Waals surface area contributed by atoms with Crippen molar-refractivity contribution in [2.45, 2.75) is 39.3 Å². The predicted octanol–water partition coefficient (Wildman–Crippen LogP) is 4.87. The van der Waals surface area contributed by atoms with Gasteiger partial charge >= 0.3 is 0 Å². The first-order valence-corrected chi connectivity index (χ1v) is 14.7. The number of hydrogen-bond acceptors (Lipinski definition) is 5. The number of anilines is 1. The fraction of sp³-hybridized carbons (Fsp3) is 0.375. The summed E-state index contributed by atoms with van der Waals surface area (Å²) in [5, 5.41) is 3.72. The second-order valence-electron chi connectivity index (χ2n) is 9.50. The molecule has 3 heterocycles. The summed E-state index contributed by atoms with van der Waals surface area (Å²) in [4.78, 5) is 20.3. The normalized spacial score (nSPS) is 11.9. The third-order valence-electron chi connectivity index (χ3n) is 5.68. The minimum atomic E-state index is -1.12. The Labute approximate surface area is 194 Å². The number of nitrogens with zero attached hydrogens (tertiary/aromatic N) is 4. The zero-order valence-electron chi connectivity index (χ0n) is 20.1. The van der Waals surface area contributed by atoms with Crippen LogP contribution in [0.5, 0.6) is 5.75 Å². The van der Waals surface area contributed by atoms with Crippen molar-refractivity contribution in [3.63, 3.8) is 0 Å². The van der Waals surface area contributed by atoms with E-state index in [-0.39, 0.29) is 5.91 Å². The lowest BCUT2D eigenvalue weighted by Crippen LogP contribution is -2.21. The van der Waals surface area contributed by atoms with E-state index in [2.05, 4.69) is 45.6 Å². The number of ether oxygens (including phenoxy) is 2. The van der Waals surface area contributed by atoms with Crippen molar-refractivity contribution in [1.29, 1.82) is 0 Å². The van der Waals surface area contributed by atoms with Crippen LogP contribution in [0.15, 0.2) is 36.8 Å². The molecule has 3 aromatic heterocycles. The third kappa shape index (κ3) is 4.94. The standard InChI is InChI=1S/C24H31N5O3Si/c1-16(30)27-24-10-17-9-20(28(2)22(17)13-25-24)18-11-19-21(12-23(18)31-3)29(14-26-19)15-32-7-8-33(4,5)6/h9-14H,7-8,15H2,1-6H3,(H,25,27,30). The molecule has 33 heavy (non-hydrogen) atoms. The molecule has 1 amide bonds. The monoisotopic (exact) mass is 465 g/mol. The zero-order chi connectivity index (χ0) is 23.8. The predicted molar refractivity (Wildman–Crippen MR) is 134 cm³/mol. The van der Waals surface area contributed by atoms with Crippen LogP contribution in [0, 0.1) is 0 Å². The van der Waals surface area contributed by atoms with Crippen LogP contribution in [0.4, 0.5) is 5.82 Å². The second-order valence-corrected chi connectivity index (χ2v) is 15.1. The number of aromatic nitrogens is 4. The van der Waals surface area contributed by atoms with Gasteiger partial charge in [0.1, 0.15) is 18.3 Å². The Morgan fingerprint density at radius 1 is 1.12 bits per heavy atom. The number of benzene rings is 1. The minimum Gasteiger partial charge on any atom is -0.496 e. The number of nitrogens with one attached hydrogen (secondary N) is 1. The van der Waals surface area contributed by atoms with E-state index in [1.54, 1.807) is 13.3 Å². The Kier molecular flexibility index (Phi) is 6.27. The Bertz CT molecular complexity index is 1320. The summed E-state index contributed by atoms with van der Waals surface area (Å²) in [5.41, 5.74) is 4.72. The second kappa shape index (κ2) is 8.99. The molecule has 4 rings (SSSR count). The molecule has 0 saturated heterocycles. The van der Waals surface area contributed by atoms with Crippen LogP contribution in [0.2, 0.25) is 25.7 Å². The quantitative estimate of drug-likeness (QED) is 0.296. The van der Waals surface area contributed by atoms with Crippen LogP contribution >= 0.6 is 0 Å². The molecule has 0 radical (unpaired) electrons. The van der Waals surface area contributed by atoms with Gasteiger partial charge in [0, 0.05) is 45.7 Å². The molecule has 0 bridgehead atoms. The first kappa shape index (κ1) is 23.0. The van der Waals surface area contributed by atoms with E-state index in [0.29, 0.717) is 12.5 Å². The highest BCUT2D eigenvalue weighted by Gasteiger charge is 2.17. The molecule has 0 aliphatic heterocycles. The van der Waals surface area contributed by atoms with Gasteiger partial charge in [0.25, 0.3) is 0 Å². The average Bonchev–Trinajstić information content (AvgIpc) is 3.29. The van der Waals surface area contributed by atoms with Crippen LogP contribution < -0.4 is 10.1 Å². The first-order chi connectivity index (χ1) is 15.7. The lowest BCUT2D eigenvalue weighted by Gasteiger charge is -2.16. The van der Waals surface area contributed by atoms with E-state index in [9.17, 15) is 4.79 Å². The number of pyridine rings is 1. The molecule has 0 saturated carbocycles. The van der Waals surface area contributed by atoms with Crippen molar-refractivity contribution < 1.29 is 14.3 Å². The van der Waals surface area contributed by atoms with Gasteiger partial charge in [-0.3, -0.25) is 4.79 Å². The summed E-state index contributed by atoms with van der Waals surface area (Å²) < 4.78 is 15.8. The first-order valence-electron chi connectivity index (χ1n) is 11.0. The lowest BCUT2D eigenvalue weighted by atomic mass is 10.1. The van der Waals surface area contributed by atoms with Crippen LogP contribution in [0.25, 0.3) is 33.2 Å². The number of rotatable bonds is 8. The van der Waals surface area contributed by atoms with Crippen LogP contribution in [0.1, 0.15) is 6.92 Å². The van der Waals surface area contributed by atoms with E-state index in [4.69, 9.17) is 9.47 Å². The number of aryl methyl sites for hydroxylation is 1. The summed E-state index contributed by atoms with van der Waals surface area (Å²) >= 11 is 0. The van der Waals surface area contributed by atoms with E-state index < -0.39 is 8.07 Å². The fourth-order valence-electron chi connectivity index (χ4n) is 3.84. The van der Waals surface area contributed by atoms with Gasteiger partial charge in [-0.1, -0.05) is 19.6 Å². The summed E-state index contributed by atoms with van der Waals surface area (Å²) in [6, 6.07) is 9.13. The average molecular weight is 466 g/mol. The van der Waals surface area contributed by atoms with Gasteiger partial charge < -0.3 is 23.9 Å². The maximum absolute atomic E-state index is 11.4. The molecule has 4 aromatic rings. The van der Waals surface area contributed by atoms with Crippen LogP contribution in [0.3, 0.4) is 0 Å². The highest BCUT2D eigenvalue weighted by molar-refractivity contribution is 6.76. The molecule has 1 N–H and O–H groups in total. The van der Waals surface area contributed by atoms with Crippen molar-refractivity contribution >= 4 is 41.7 Å². The maximum Gasteiger partial charge on any atom is 0.222 e. The number of hydrogen-bond donors (Lipinski definition) is 1. The topological polar surface area (TPSA) is 83.2 Å². The van der Waals surface area contributed by atoms with Crippen molar-refractivity contribution in [1.82, 2.24) is 19.1 Å². The molecule has 9 heteroatoms. The molecule has 0 fully saturated rings. The van der Waals surface area contributed by atoms with Crippen molar-refractivity contribution in [2.24, 2.45) is 7.05 Å². The Hall–Kier alpha value is -3.17. The molecule has 0 atom stereocenters. The summed E-state index contributed by atoms with van der Waals surface area (Å²) in [5.74, 6) is 1.14. The van der Waals surface area contributed by atoms with Crippen LogP contribution in [-0.2, 0) is 23.3 Å². The number of amides is 1. The van der Waals surface area contributed by atoms with Gasteiger partial charge in [0.2, 0.25) is 5.91 Å². The van der Waals surface area contributed by atoms with Crippen molar-refractivity contribution in [3.8, 4) is 17.0 Å². The molecule has 0 aliphatic carbocycles. The molecule has 174 valence electrons. The van der Waals surface area contributed by atoms with Gasteiger partial charge in [-0.15, -0.1) is 0 Å². The smallest absolute Gasteiger partial charge is 0.222 e. The van der Waals surface area contributed by atoms with E-state index in [1.807, 2.05) is 36.1 Å². The third-order valence-corrected chi connectivity index (χ3v) is 7.38. The molecule has 1 aromatic carbocycles.